The quantitative estimate of drug-likeness (QED) is 0.794. The van der Waals surface area contributed by atoms with Crippen LogP contribution in [0.3, 0.4) is 0 Å². The number of nitrogens with one attached hydrogen (secondary N) is 2. The van der Waals surface area contributed by atoms with Gasteiger partial charge in [-0.1, -0.05) is 6.42 Å². The van der Waals surface area contributed by atoms with E-state index in [4.69, 9.17) is 17.0 Å². The first-order valence-corrected chi connectivity index (χ1v) is 9.58. The lowest BCUT2D eigenvalue weighted by Gasteiger charge is -2.63. The van der Waals surface area contributed by atoms with Crippen molar-refractivity contribution in [2.75, 3.05) is 6.61 Å². The molecule has 1 spiro atoms. The summed E-state index contributed by atoms with van der Waals surface area (Å²) in [4.78, 5) is 28.2. The zero-order chi connectivity index (χ0) is 18.1. The number of nitrogens with zero attached hydrogens (tertiary/aromatic N) is 1. The summed E-state index contributed by atoms with van der Waals surface area (Å²) in [5, 5.41) is 3.79. The van der Waals surface area contributed by atoms with Crippen LogP contribution in [0.2, 0.25) is 0 Å². The Labute approximate surface area is 155 Å². The topological polar surface area (TPSA) is 76.1 Å². The molecule has 3 atom stereocenters. The van der Waals surface area contributed by atoms with Crippen LogP contribution >= 0.6 is 12.2 Å². The molecule has 3 aliphatic rings. The van der Waals surface area contributed by atoms with Crippen molar-refractivity contribution >= 4 is 29.0 Å². The van der Waals surface area contributed by atoms with E-state index in [2.05, 4.69) is 10.3 Å². The number of benzene rings is 1. The number of H-pyrrole nitrogens is 1. The molecule has 1 aromatic carbocycles. The van der Waals surface area contributed by atoms with Crippen LogP contribution in [0.15, 0.2) is 23.0 Å². The fourth-order valence-electron chi connectivity index (χ4n) is 5.13. The fraction of sp³-hybridized carbons (Fsp3) is 0.526. The van der Waals surface area contributed by atoms with Gasteiger partial charge < -0.3 is 15.0 Å². The number of carbonyl (C=O) groups excluding carboxylic acids is 1. The molecule has 3 unspecified atom stereocenters. The molecule has 1 saturated heterocycles. The van der Waals surface area contributed by atoms with Gasteiger partial charge in [0, 0.05) is 36.6 Å². The predicted molar refractivity (Wildman–Crippen MR) is 99.8 cm³/mol. The molecule has 5 rings (SSSR count). The third kappa shape index (κ3) is 2.04. The summed E-state index contributed by atoms with van der Waals surface area (Å²) in [6, 6.07) is 5.33. The lowest BCUT2D eigenvalue weighted by molar-refractivity contribution is -0.172. The van der Waals surface area contributed by atoms with E-state index in [0.717, 1.165) is 25.9 Å². The Hall–Kier alpha value is -1.99. The molecule has 0 radical (unpaired) electrons. The fourth-order valence-corrected chi connectivity index (χ4v) is 5.32. The normalized spacial score (nSPS) is 28.4. The highest BCUT2D eigenvalue weighted by Gasteiger charge is 2.66. The van der Waals surface area contributed by atoms with Crippen LogP contribution in [-0.4, -0.2) is 34.2 Å². The Morgan fingerprint density at radius 2 is 2.23 bits per heavy atom. The third-order valence-corrected chi connectivity index (χ3v) is 7.06. The molecule has 6 nitrogen and oxygen atoms in total. The number of ether oxygens (including phenoxy) is 1. The van der Waals surface area contributed by atoms with E-state index in [0.29, 0.717) is 33.3 Å². The van der Waals surface area contributed by atoms with Gasteiger partial charge in [-0.25, -0.2) is 0 Å². The highest BCUT2D eigenvalue weighted by atomic mass is 32.1. The molecule has 2 N–H and O–H groups in total. The van der Waals surface area contributed by atoms with E-state index in [1.54, 1.807) is 25.2 Å². The van der Waals surface area contributed by atoms with Crippen LogP contribution < -0.4 is 10.9 Å². The first-order chi connectivity index (χ1) is 12.5. The van der Waals surface area contributed by atoms with E-state index < -0.39 is 0 Å². The molecule has 2 aromatic rings. The second kappa shape index (κ2) is 5.50. The molecular formula is C19H21N3O3S. The second-order valence-corrected chi connectivity index (χ2v) is 8.22. The van der Waals surface area contributed by atoms with Gasteiger partial charge in [0.1, 0.15) is 0 Å². The zero-order valence-corrected chi connectivity index (χ0v) is 15.4. The van der Waals surface area contributed by atoms with E-state index in [1.807, 2.05) is 0 Å². The Balaban J connectivity index is 1.45. The molecule has 0 bridgehead atoms. The minimum atomic E-state index is -0.158. The number of rotatable bonds is 2. The molecule has 136 valence electrons. The van der Waals surface area contributed by atoms with Gasteiger partial charge in [-0.2, -0.15) is 0 Å². The van der Waals surface area contributed by atoms with Gasteiger partial charge in [-0.15, -0.1) is 0 Å². The number of fused-ring (bicyclic) bond motifs is 3. The zero-order valence-electron chi connectivity index (χ0n) is 14.6. The lowest BCUT2D eigenvalue weighted by Crippen LogP contribution is -2.71. The average Bonchev–Trinajstić information content (AvgIpc) is 3.00. The molecular weight excluding hydrogens is 350 g/mol. The van der Waals surface area contributed by atoms with Crippen molar-refractivity contribution in [1.29, 1.82) is 0 Å². The number of carbonyl (C=O) groups is 1. The van der Waals surface area contributed by atoms with Crippen LogP contribution in [0.4, 0.5) is 0 Å². The van der Waals surface area contributed by atoms with E-state index in [1.165, 1.54) is 11.0 Å². The number of amides is 1. The minimum Gasteiger partial charge on any atom is -0.377 e. The predicted octanol–water partition coefficient (Wildman–Crippen LogP) is 2.28. The number of hydrogen-bond donors (Lipinski definition) is 2. The minimum absolute atomic E-state index is 0.0893. The summed E-state index contributed by atoms with van der Waals surface area (Å²) in [6.45, 7) is 0.805. The Kier molecular flexibility index (Phi) is 3.43. The van der Waals surface area contributed by atoms with Gasteiger partial charge in [0.2, 0.25) is 0 Å². The van der Waals surface area contributed by atoms with Crippen LogP contribution in [0.5, 0.6) is 0 Å². The van der Waals surface area contributed by atoms with Crippen LogP contribution in [-0.2, 0) is 11.8 Å². The molecule has 1 aromatic heterocycles. The van der Waals surface area contributed by atoms with Gasteiger partial charge in [0.05, 0.1) is 17.0 Å². The lowest BCUT2D eigenvalue weighted by atomic mass is 9.46. The molecule has 7 heteroatoms. The monoisotopic (exact) mass is 371 g/mol. The molecule has 2 saturated carbocycles. The summed E-state index contributed by atoms with van der Waals surface area (Å²) in [5.41, 5.74) is 1.14. The summed E-state index contributed by atoms with van der Waals surface area (Å²) in [7, 11) is 1.63. The smallest absolute Gasteiger partial charge is 0.261 e. The van der Waals surface area contributed by atoms with Gasteiger partial charge in [-0.3, -0.25) is 14.2 Å². The van der Waals surface area contributed by atoms with Crippen molar-refractivity contribution in [2.45, 2.75) is 37.8 Å². The summed E-state index contributed by atoms with van der Waals surface area (Å²) in [6.07, 6.45) is 4.85. The van der Waals surface area contributed by atoms with Crippen molar-refractivity contribution in [1.82, 2.24) is 14.9 Å². The van der Waals surface area contributed by atoms with Gasteiger partial charge in [0.25, 0.3) is 11.5 Å². The number of aromatic amines is 1. The Morgan fingerprint density at radius 3 is 2.96 bits per heavy atom. The summed E-state index contributed by atoms with van der Waals surface area (Å²) >= 11 is 5.17. The van der Waals surface area contributed by atoms with Crippen molar-refractivity contribution < 1.29 is 9.53 Å². The highest BCUT2D eigenvalue weighted by Crippen LogP contribution is 2.62. The maximum Gasteiger partial charge on any atom is 0.261 e. The van der Waals surface area contributed by atoms with Crippen LogP contribution in [0, 0.1) is 16.1 Å². The SMILES string of the molecule is Cn1c(=S)[nH]c2cc(C(=O)NC3C4CCOC4C34CCC4)ccc2c1=O. The maximum atomic E-state index is 12.9. The largest absolute Gasteiger partial charge is 0.377 e. The summed E-state index contributed by atoms with van der Waals surface area (Å²) < 4.78 is 7.66. The average molecular weight is 371 g/mol. The van der Waals surface area contributed by atoms with Crippen molar-refractivity contribution in [3.8, 4) is 0 Å². The van der Waals surface area contributed by atoms with Crippen molar-refractivity contribution in [3.63, 3.8) is 0 Å². The third-order valence-electron chi connectivity index (χ3n) is 6.69. The van der Waals surface area contributed by atoms with Gasteiger partial charge in [0.15, 0.2) is 4.77 Å². The first-order valence-electron chi connectivity index (χ1n) is 9.17. The molecule has 1 amide bonds. The highest BCUT2D eigenvalue weighted by molar-refractivity contribution is 7.71. The Bertz CT molecular complexity index is 1040. The molecule has 1 aliphatic heterocycles. The van der Waals surface area contributed by atoms with E-state index >= 15 is 0 Å². The molecule has 2 aliphatic carbocycles. The maximum absolute atomic E-state index is 12.9. The molecule has 3 fully saturated rings. The van der Waals surface area contributed by atoms with Gasteiger partial charge in [-0.05, 0) is 49.7 Å². The van der Waals surface area contributed by atoms with Gasteiger partial charge >= 0.3 is 0 Å². The summed E-state index contributed by atoms with van der Waals surface area (Å²) in [5.74, 6) is 0.353. The van der Waals surface area contributed by atoms with Crippen LogP contribution in [0.25, 0.3) is 10.9 Å². The Morgan fingerprint density at radius 1 is 1.42 bits per heavy atom. The number of hydrogen-bond acceptors (Lipinski definition) is 4. The first kappa shape index (κ1) is 16.2. The van der Waals surface area contributed by atoms with Crippen LogP contribution in [0.1, 0.15) is 36.0 Å². The standard InChI is InChI=1S/C19H21N3O3S/c1-22-17(24)11-4-3-10(9-13(11)20-18(22)26)16(23)21-14-12-5-8-25-15(12)19(14)6-2-7-19/h3-4,9,12,14-15H,2,5-8H2,1H3,(H,20,26)(H,21,23). The second-order valence-electron chi connectivity index (χ2n) is 7.84. The van der Waals surface area contributed by atoms with Crippen molar-refractivity contribution in [2.24, 2.45) is 18.4 Å². The van der Waals surface area contributed by atoms with E-state index in [9.17, 15) is 9.59 Å². The van der Waals surface area contributed by atoms with E-state index in [-0.39, 0.29) is 22.9 Å². The van der Waals surface area contributed by atoms with Crippen molar-refractivity contribution in [3.05, 3.63) is 38.9 Å². The number of aromatic nitrogens is 2. The molecule has 2 heterocycles. The molecule has 26 heavy (non-hydrogen) atoms.